The van der Waals surface area contributed by atoms with Crippen LogP contribution in [-0.2, 0) is 0 Å². The van der Waals surface area contributed by atoms with Gasteiger partial charge in [-0.05, 0) is 37.5 Å². The first-order valence-corrected chi connectivity index (χ1v) is 8.48. The van der Waals surface area contributed by atoms with Crippen LogP contribution in [0.3, 0.4) is 0 Å². The van der Waals surface area contributed by atoms with E-state index in [1.807, 2.05) is 23.1 Å². The highest BCUT2D eigenvalue weighted by Crippen LogP contribution is 2.40. The smallest absolute Gasteiger partial charge is 0.272 e. The highest BCUT2D eigenvalue weighted by molar-refractivity contribution is 5.92. The number of likely N-dealkylation sites (tertiary alicyclic amines) is 1. The summed E-state index contributed by atoms with van der Waals surface area (Å²) in [6.45, 7) is 3.51. The maximum atomic E-state index is 12.6. The van der Waals surface area contributed by atoms with Crippen LogP contribution in [0.25, 0.3) is 0 Å². The summed E-state index contributed by atoms with van der Waals surface area (Å²) in [6.07, 6.45) is 8.56. The molecule has 0 bridgehead atoms. The van der Waals surface area contributed by atoms with Crippen molar-refractivity contribution in [2.45, 2.75) is 19.3 Å². The van der Waals surface area contributed by atoms with E-state index in [9.17, 15) is 4.79 Å². The molecule has 6 nitrogen and oxygen atoms in total. The Labute approximate surface area is 141 Å². The lowest BCUT2D eigenvalue weighted by Gasteiger charge is -2.40. The van der Waals surface area contributed by atoms with E-state index in [0.717, 1.165) is 51.4 Å². The van der Waals surface area contributed by atoms with Gasteiger partial charge >= 0.3 is 0 Å². The summed E-state index contributed by atoms with van der Waals surface area (Å²) in [4.78, 5) is 29.8. The summed E-state index contributed by atoms with van der Waals surface area (Å²) in [7, 11) is 0. The van der Waals surface area contributed by atoms with E-state index in [2.05, 4.69) is 19.9 Å². The van der Waals surface area contributed by atoms with Crippen molar-refractivity contribution >= 4 is 11.9 Å². The molecule has 2 aromatic heterocycles. The molecule has 2 fully saturated rings. The van der Waals surface area contributed by atoms with Gasteiger partial charge in [0, 0.05) is 50.2 Å². The first-order chi connectivity index (χ1) is 11.8. The number of pyridine rings is 1. The van der Waals surface area contributed by atoms with Crippen LogP contribution < -0.4 is 4.90 Å². The third-order valence-electron chi connectivity index (χ3n) is 5.11. The number of nitrogens with zero attached hydrogens (tertiary/aromatic N) is 5. The van der Waals surface area contributed by atoms with Crippen LogP contribution in [0.1, 0.15) is 29.8 Å². The van der Waals surface area contributed by atoms with Crippen molar-refractivity contribution < 1.29 is 4.79 Å². The van der Waals surface area contributed by atoms with E-state index in [1.54, 1.807) is 24.7 Å². The zero-order chi connectivity index (χ0) is 16.4. The van der Waals surface area contributed by atoms with Crippen molar-refractivity contribution in [3.63, 3.8) is 0 Å². The highest BCUT2D eigenvalue weighted by atomic mass is 16.2. The second-order valence-electron chi connectivity index (χ2n) is 6.77. The predicted molar refractivity (Wildman–Crippen MR) is 90.7 cm³/mol. The average molecular weight is 323 g/mol. The van der Waals surface area contributed by atoms with E-state index in [4.69, 9.17) is 0 Å². The molecule has 2 saturated heterocycles. The normalized spacial score (nSPS) is 23.7. The molecule has 0 N–H and O–H groups in total. The lowest BCUT2D eigenvalue weighted by Crippen LogP contribution is -2.46. The van der Waals surface area contributed by atoms with E-state index in [0.29, 0.717) is 5.69 Å². The van der Waals surface area contributed by atoms with Crippen molar-refractivity contribution in [1.29, 1.82) is 0 Å². The maximum absolute atomic E-state index is 12.6. The van der Waals surface area contributed by atoms with Gasteiger partial charge in [-0.1, -0.05) is 6.07 Å². The van der Waals surface area contributed by atoms with Crippen molar-refractivity contribution in [3.05, 3.63) is 48.5 Å². The predicted octanol–water partition coefficient (Wildman–Crippen LogP) is 2.00. The number of rotatable bonds is 2. The number of hydrogen-bond donors (Lipinski definition) is 0. The molecule has 0 saturated carbocycles. The number of carbonyl (C=O) groups is 1. The Bertz CT molecular complexity index is 708. The minimum Gasteiger partial charge on any atom is -0.340 e. The Morgan fingerprint density at radius 1 is 0.958 bits per heavy atom. The number of piperidine rings is 1. The summed E-state index contributed by atoms with van der Waals surface area (Å²) in [6, 6.07) is 7.33. The van der Waals surface area contributed by atoms with Gasteiger partial charge in [-0.15, -0.1) is 0 Å². The molecule has 0 unspecified atom stereocenters. The Hall–Kier alpha value is -2.50. The van der Waals surface area contributed by atoms with Crippen LogP contribution in [-0.4, -0.2) is 51.9 Å². The molecule has 24 heavy (non-hydrogen) atoms. The molecule has 2 aliphatic rings. The highest BCUT2D eigenvalue weighted by Gasteiger charge is 2.43. The Morgan fingerprint density at radius 3 is 2.58 bits per heavy atom. The number of carbonyl (C=O) groups excluding carboxylic acids is 1. The van der Waals surface area contributed by atoms with Crippen LogP contribution in [0.5, 0.6) is 0 Å². The molecule has 0 radical (unpaired) electrons. The zero-order valence-corrected chi connectivity index (χ0v) is 13.6. The quantitative estimate of drug-likeness (QED) is 0.846. The van der Waals surface area contributed by atoms with Gasteiger partial charge in [-0.2, -0.15) is 0 Å². The van der Waals surface area contributed by atoms with Gasteiger partial charge in [-0.3, -0.25) is 9.78 Å². The standard InChI is InChI=1S/C18H21N5O/c24-16(15-5-1-2-8-19-15)22-12-7-18(13-22)6-3-11-23(14-18)17-20-9-4-10-21-17/h1-2,4-5,8-10H,3,6-7,11-14H2/t18-/m0/s1. The van der Waals surface area contributed by atoms with Gasteiger partial charge in [0.15, 0.2) is 0 Å². The molecule has 0 aliphatic carbocycles. The molecule has 2 aliphatic heterocycles. The number of amides is 1. The maximum Gasteiger partial charge on any atom is 0.272 e. The molecule has 2 aromatic rings. The van der Waals surface area contributed by atoms with Crippen molar-refractivity contribution in [1.82, 2.24) is 19.9 Å². The molecule has 0 aromatic carbocycles. The van der Waals surface area contributed by atoms with E-state index < -0.39 is 0 Å². The largest absolute Gasteiger partial charge is 0.340 e. The van der Waals surface area contributed by atoms with Crippen LogP contribution in [0.2, 0.25) is 0 Å². The van der Waals surface area contributed by atoms with Gasteiger partial charge in [0.2, 0.25) is 5.95 Å². The Kier molecular flexibility index (Phi) is 3.88. The molecule has 1 amide bonds. The van der Waals surface area contributed by atoms with Crippen LogP contribution >= 0.6 is 0 Å². The summed E-state index contributed by atoms with van der Waals surface area (Å²) in [5.74, 6) is 0.839. The fourth-order valence-electron chi connectivity index (χ4n) is 3.93. The van der Waals surface area contributed by atoms with Crippen LogP contribution in [0.4, 0.5) is 5.95 Å². The van der Waals surface area contributed by atoms with E-state index >= 15 is 0 Å². The fraction of sp³-hybridized carbons (Fsp3) is 0.444. The molecule has 6 heteroatoms. The summed E-state index contributed by atoms with van der Waals surface area (Å²) in [5, 5.41) is 0. The number of anilines is 1. The first-order valence-electron chi connectivity index (χ1n) is 8.48. The monoisotopic (exact) mass is 323 g/mol. The van der Waals surface area contributed by atoms with Crippen molar-refractivity contribution in [3.8, 4) is 0 Å². The average Bonchev–Trinajstić information content (AvgIpc) is 3.06. The van der Waals surface area contributed by atoms with Gasteiger partial charge in [-0.25, -0.2) is 9.97 Å². The molecular formula is C18H21N5O. The molecule has 1 atom stereocenters. The molecular weight excluding hydrogens is 302 g/mol. The topological polar surface area (TPSA) is 62.2 Å². The van der Waals surface area contributed by atoms with E-state index in [-0.39, 0.29) is 11.3 Å². The molecule has 124 valence electrons. The third kappa shape index (κ3) is 2.84. The lowest BCUT2D eigenvalue weighted by atomic mass is 9.79. The number of aromatic nitrogens is 3. The van der Waals surface area contributed by atoms with Crippen LogP contribution in [0, 0.1) is 5.41 Å². The lowest BCUT2D eigenvalue weighted by molar-refractivity contribution is 0.0761. The minimum atomic E-state index is 0.0422. The molecule has 4 heterocycles. The van der Waals surface area contributed by atoms with Gasteiger partial charge in [0.05, 0.1) is 0 Å². The summed E-state index contributed by atoms with van der Waals surface area (Å²) >= 11 is 0. The molecule has 1 spiro atoms. The summed E-state index contributed by atoms with van der Waals surface area (Å²) in [5.41, 5.74) is 0.690. The van der Waals surface area contributed by atoms with Crippen molar-refractivity contribution in [2.24, 2.45) is 5.41 Å². The third-order valence-corrected chi connectivity index (χ3v) is 5.11. The minimum absolute atomic E-state index is 0.0422. The Morgan fingerprint density at radius 2 is 1.79 bits per heavy atom. The SMILES string of the molecule is O=C(c1ccccn1)N1CC[C@@]2(CCCN(c3ncccn3)C2)C1. The second-order valence-corrected chi connectivity index (χ2v) is 6.77. The van der Waals surface area contributed by atoms with E-state index in [1.165, 1.54) is 0 Å². The zero-order valence-electron chi connectivity index (χ0n) is 13.6. The van der Waals surface area contributed by atoms with Crippen molar-refractivity contribution in [2.75, 3.05) is 31.1 Å². The van der Waals surface area contributed by atoms with Gasteiger partial charge in [0.25, 0.3) is 5.91 Å². The molecule has 4 rings (SSSR count). The second kappa shape index (κ2) is 6.19. The van der Waals surface area contributed by atoms with Gasteiger partial charge < -0.3 is 9.80 Å². The fourth-order valence-corrected chi connectivity index (χ4v) is 3.93. The first kappa shape index (κ1) is 15.1. The number of hydrogen-bond acceptors (Lipinski definition) is 5. The van der Waals surface area contributed by atoms with Crippen LogP contribution in [0.15, 0.2) is 42.9 Å². The van der Waals surface area contributed by atoms with Gasteiger partial charge in [0.1, 0.15) is 5.69 Å². The summed E-state index contributed by atoms with van der Waals surface area (Å²) < 4.78 is 0. The Balaban J connectivity index is 1.48.